The van der Waals surface area contributed by atoms with Gasteiger partial charge in [0.25, 0.3) is 5.91 Å². The van der Waals surface area contributed by atoms with E-state index < -0.39 is 0 Å². The maximum absolute atomic E-state index is 13.4. The molecule has 0 bridgehead atoms. The number of carbonyl (C=O) groups excluding carboxylic acids is 2. The van der Waals surface area contributed by atoms with Crippen molar-refractivity contribution >= 4 is 11.8 Å². The van der Waals surface area contributed by atoms with Crippen LogP contribution in [0.4, 0.5) is 0 Å². The number of para-hydroxylation sites is 1. The van der Waals surface area contributed by atoms with Gasteiger partial charge >= 0.3 is 0 Å². The zero-order chi connectivity index (χ0) is 24.6. The predicted octanol–water partition coefficient (Wildman–Crippen LogP) is 3.38. The average Bonchev–Trinajstić information content (AvgIpc) is 3.43. The van der Waals surface area contributed by atoms with E-state index in [4.69, 9.17) is 9.47 Å². The Morgan fingerprint density at radius 2 is 1.63 bits per heavy atom. The Morgan fingerprint density at radius 1 is 0.943 bits per heavy atom. The number of piperazine rings is 1. The first-order valence-corrected chi connectivity index (χ1v) is 12.7. The second-order valence-electron chi connectivity index (χ2n) is 9.41. The Hall–Kier alpha value is -3.06. The van der Waals surface area contributed by atoms with E-state index in [1.54, 1.807) is 14.2 Å². The molecule has 0 spiro atoms. The Morgan fingerprint density at radius 3 is 2.29 bits per heavy atom. The molecule has 1 aliphatic carbocycles. The third kappa shape index (κ3) is 6.14. The summed E-state index contributed by atoms with van der Waals surface area (Å²) in [5.74, 6) is 1.92. The lowest BCUT2D eigenvalue weighted by molar-refractivity contribution is -0.129. The Kier molecular flexibility index (Phi) is 8.64. The quantitative estimate of drug-likeness (QED) is 0.597. The molecule has 7 nitrogen and oxygen atoms in total. The molecule has 2 aromatic carbocycles. The van der Waals surface area contributed by atoms with Gasteiger partial charge in [-0.25, -0.2) is 0 Å². The lowest BCUT2D eigenvalue weighted by atomic mass is 9.94. The minimum Gasteiger partial charge on any atom is -0.497 e. The predicted molar refractivity (Wildman–Crippen MR) is 136 cm³/mol. The smallest absolute Gasteiger partial charge is 0.257 e. The molecule has 2 aromatic rings. The minimum absolute atomic E-state index is 0.0107. The highest BCUT2D eigenvalue weighted by Gasteiger charge is 2.37. The van der Waals surface area contributed by atoms with Gasteiger partial charge in [0.15, 0.2) is 0 Å². The molecule has 0 radical (unpaired) electrons. The van der Waals surface area contributed by atoms with Crippen molar-refractivity contribution in [2.24, 2.45) is 5.92 Å². The summed E-state index contributed by atoms with van der Waals surface area (Å²) in [6, 6.07) is 15.2. The van der Waals surface area contributed by atoms with Gasteiger partial charge in [0.1, 0.15) is 11.5 Å². The average molecular weight is 480 g/mol. The van der Waals surface area contributed by atoms with Crippen LogP contribution in [-0.4, -0.2) is 74.6 Å². The van der Waals surface area contributed by atoms with Crippen LogP contribution in [0, 0.1) is 5.92 Å². The highest BCUT2D eigenvalue weighted by atomic mass is 16.5. The maximum atomic E-state index is 13.4. The van der Waals surface area contributed by atoms with Crippen LogP contribution in [0.2, 0.25) is 0 Å². The second kappa shape index (κ2) is 12.1. The largest absolute Gasteiger partial charge is 0.497 e. The number of ether oxygens (including phenoxy) is 2. The van der Waals surface area contributed by atoms with Gasteiger partial charge in [0.05, 0.1) is 25.8 Å². The number of amides is 2. The van der Waals surface area contributed by atoms with Crippen molar-refractivity contribution in [3.63, 3.8) is 0 Å². The SMILES string of the molecule is COc1ccc(CCNC(=O)[C@H](C2CCCC2)N2CCN(C(=O)c3ccccc3OC)CC2)cc1. The van der Waals surface area contributed by atoms with Gasteiger partial charge in [-0.1, -0.05) is 37.1 Å². The molecule has 1 saturated carbocycles. The molecular formula is C28H37N3O4. The molecule has 1 aliphatic heterocycles. The van der Waals surface area contributed by atoms with E-state index in [-0.39, 0.29) is 17.9 Å². The van der Waals surface area contributed by atoms with Crippen LogP contribution in [0.15, 0.2) is 48.5 Å². The van der Waals surface area contributed by atoms with Crippen LogP contribution in [0.5, 0.6) is 11.5 Å². The summed E-state index contributed by atoms with van der Waals surface area (Å²) in [6.07, 6.45) is 5.35. The van der Waals surface area contributed by atoms with Gasteiger partial charge in [0, 0.05) is 32.7 Å². The monoisotopic (exact) mass is 479 g/mol. The second-order valence-corrected chi connectivity index (χ2v) is 9.41. The van der Waals surface area contributed by atoms with E-state index >= 15 is 0 Å². The van der Waals surface area contributed by atoms with Crippen LogP contribution in [0.3, 0.4) is 0 Å². The molecule has 1 atom stereocenters. The van der Waals surface area contributed by atoms with Crippen LogP contribution in [0.1, 0.15) is 41.6 Å². The van der Waals surface area contributed by atoms with E-state index in [9.17, 15) is 9.59 Å². The Bertz CT molecular complexity index is 980. The first kappa shape index (κ1) is 25.0. The summed E-state index contributed by atoms with van der Waals surface area (Å²) in [5.41, 5.74) is 1.76. The van der Waals surface area contributed by atoms with Crippen LogP contribution in [0.25, 0.3) is 0 Å². The van der Waals surface area contributed by atoms with Crippen molar-refractivity contribution in [2.75, 3.05) is 46.9 Å². The van der Waals surface area contributed by atoms with E-state index in [1.165, 1.54) is 18.4 Å². The van der Waals surface area contributed by atoms with Crippen LogP contribution in [-0.2, 0) is 11.2 Å². The number of nitrogens with zero attached hydrogens (tertiary/aromatic N) is 2. The third-order valence-electron chi connectivity index (χ3n) is 7.32. The highest BCUT2D eigenvalue weighted by Crippen LogP contribution is 2.31. The van der Waals surface area contributed by atoms with Crippen molar-refractivity contribution in [3.05, 3.63) is 59.7 Å². The summed E-state index contributed by atoms with van der Waals surface area (Å²) in [6.45, 7) is 3.24. The highest BCUT2D eigenvalue weighted by molar-refractivity contribution is 5.97. The Labute approximate surface area is 208 Å². The summed E-state index contributed by atoms with van der Waals surface area (Å²) in [5, 5.41) is 3.20. The van der Waals surface area contributed by atoms with E-state index in [1.807, 2.05) is 53.4 Å². The van der Waals surface area contributed by atoms with Gasteiger partial charge in [-0.2, -0.15) is 0 Å². The number of hydrogen-bond donors (Lipinski definition) is 1. The van der Waals surface area contributed by atoms with Gasteiger partial charge < -0.3 is 19.7 Å². The van der Waals surface area contributed by atoms with E-state index in [2.05, 4.69) is 10.2 Å². The van der Waals surface area contributed by atoms with E-state index in [0.29, 0.717) is 50.0 Å². The number of nitrogens with one attached hydrogen (secondary N) is 1. The molecule has 35 heavy (non-hydrogen) atoms. The summed E-state index contributed by atoms with van der Waals surface area (Å²) < 4.78 is 10.6. The number of carbonyl (C=O) groups is 2. The molecular weight excluding hydrogens is 442 g/mol. The lowest BCUT2D eigenvalue weighted by Crippen LogP contribution is -2.58. The molecule has 1 heterocycles. The van der Waals surface area contributed by atoms with Crippen molar-refractivity contribution in [1.29, 1.82) is 0 Å². The molecule has 1 saturated heterocycles. The first-order valence-electron chi connectivity index (χ1n) is 12.7. The van der Waals surface area contributed by atoms with Crippen molar-refractivity contribution in [2.45, 2.75) is 38.1 Å². The number of hydrogen-bond acceptors (Lipinski definition) is 5. The standard InChI is InChI=1S/C28H37N3O4/c1-34-23-13-11-21(12-14-23)15-16-29-27(32)26(22-7-3-4-8-22)30-17-19-31(20-18-30)28(33)24-9-5-6-10-25(24)35-2/h5-6,9-14,22,26H,3-4,7-8,15-20H2,1-2H3,(H,29,32)/t26-/m0/s1. The molecule has 2 fully saturated rings. The van der Waals surface area contributed by atoms with Crippen molar-refractivity contribution in [1.82, 2.24) is 15.1 Å². The molecule has 0 aromatic heterocycles. The molecule has 2 amide bonds. The summed E-state index contributed by atoms with van der Waals surface area (Å²) >= 11 is 0. The van der Waals surface area contributed by atoms with Gasteiger partial charge in [-0.15, -0.1) is 0 Å². The molecule has 4 rings (SSSR count). The van der Waals surface area contributed by atoms with Gasteiger partial charge in [-0.05, 0) is 55.0 Å². The van der Waals surface area contributed by atoms with Crippen LogP contribution >= 0.6 is 0 Å². The maximum Gasteiger partial charge on any atom is 0.257 e. The zero-order valence-electron chi connectivity index (χ0n) is 20.9. The van der Waals surface area contributed by atoms with Crippen molar-refractivity contribution < 1.29 is 19.1 Å². The molecule has 7 heteroatoms. The first-order chi connectivity index (χ1) is 17.1. The van der Waals surface area contributed by atoms with E-state index in [0.717, 1.165) is 25.0 Å². The fourth-order valence-electron chi connectivity index (χ4n) is 5.37. The van der Waals surface area contributed by atoms with Crippen LogP contribution < -0.4 is 14.8 Å². The fourth-order valence-corrected chi connectivity index (χ4v) is 5.37. The summed E-state index contributed by atoms with van der Waals surface area (Å²) in [4.78, 5) is 30.6. The Balaban J connectivity index is 1.35. The fraction of sp³-hybridized carbons (Fsp3) is 0.500. The summed E-state index contributed by atoms with van der Waals surface area (Å²) in [7, 11) is 3.25. The molecule has 1 N–H and O–H groups in total. The number of rotatable bonds is 9. The topological polar surface area (TPSA) is 71.1 Å². The number of benzene rings is 2. The molecule has 2 aliphatic rings. The van der Waals surface area contributed by atoms with Gasteiger partial charge in [0.2, 0.25) is 5.91 Å². The molecule has 0 unspecified atom stereocenters. The molecule has 188 valence electrons. The number of methoxy groups -OCH3 is 2. The minimum atomic E-state index is -0.128. The normalized spacial score (nSPS) is 17.7. The van der Waals surface area contributed by atoms with Gasteiger partial charge in [-0.3, -0.25) is 14.5 Å². The lowest BCUT2D eigenvalue weighted by Gasteiger charge is -2.40. The zero-order valence-corrected chi connectivity index (χ0v) is 20.9. The van der Waals surface area contributed by atoms with Crippen molar-refractivity contribution in [3.8, 4) is 11.5 Å². The third-order valence-corrected chi connectivity index (χ3v) is 7.32.